The fourth-order valence-electron chi connectivity index (χ4n) is 2.00. The van der Waals surface area contributed by atoms with Crippen molar-refractivity contribution in [3.05, 3.63) is 0 Å². The van der Waals surface area contributed by atoms with Crippen LogP contribution >= 0.6 is 0 Å². The normalized spacial score (nSPS) is 24.5. The average molecular weight is 284 g/mol. The lowest BCUT2D eigenvalue weighted by atomic mass is 9.94. The summed E-state index contributed by atoms with van der Waals surface area (Å²) in [5.41, 5.74) is 0. The van der Waals surface area contributed by atoms with Crippen LogP contribution in [0.25, 0.3) is 0 Å². The van der Waals surface area contributed by atoms with Crippen LogP contribution in [0.3, 0.4) is 0 Å². The minimum absolute atomic E-state index is 0.220. The number of sulfonamides is 1. The summed E-state index contributed by atoms with van der Waals surface area (Å²) in [6, 6.07) is -0.241. The van der Waals surface area contributed by atoms with Crippen LogP contribution in [0.4, 0.5) is 0 Å². The zero-order valence-electron chi connectivity index (χ0n) is 10.1. The predicted molar refractivity (Wildman–Crippen MR) is 66.8 cm³/mol. The van der Waals surface area contributed by atoms with Gasteiger partial charge in [-0.2, -0.15) is 0 Å². The molecule has 6 nitrogen and oxygen atoms in total. The van der Waals surface area contributed by atoms with Gasteiger partial charge < -0.3 is 5.32 Å². The van der Waals surface area contributed by atoms with Gasteiger partial charge in [0, 0.05) is 12.3 Å². The molecule has 0 aliphatic carbocycles. The van der Waals surface area contributed by atoms with Crippen molar-refractivity contribution in [3.8, 4) is 0 Å². The van der Waals surface area contributed by atoms with Crippen molar-refractivity contribution in [2.45, 2.75) is 25.8 Å². The Labute approximate surface area is 103 Å². The molecule has 1 aliphatic heterocycles. The average Bonchev–Trinajstić information content (AvgIpc) is 2.14. The Kier molecular flexibility index (Phi) is 4.94. The summed E-state index contributed by atoms with van der Waals surface area (Å²) in [4.78, 5) is 0. The second kappa shape index (κ2) is 5.64. The van der Waals surface area contributed by atoms with Crippen LogP contribution in [0.1, 0.15) is 19.8 Å². The number of nitrogens with one attached hydrogen (secondary N) is 2. The molecule has 0 bridgehead atoms. The Morgan fingerprint density at radius 3 is 2.47 bits per heavy atom. The molecular weight excluding hydrogens is 264 g/mol. The largest absolute Gasteiger partial charge is 0.316 e. The van der Waals surface area contributed by atoms with Crippen LogP contribution < -0.4 is 10.0 Å². The van der Waals surface area contributed by atoms with Gasteiger partial charge in [0.05, 0.1) is 0 Å². The van der Waals surface area contributed by atoms with E-state index in [9.17, 15) is 16.8 Å². The Morgan fingerprint density at radius 1 is 1.35 bits per heavy atom. The minimum Gasteiger partial charge on any atom is -0.316 e. The molecule has 17 heavy (non-hydrogen) atoms. The first-order valence-corrected chi connectivity index (χ1v) is 9.29. The molecule has 0 radical (unpaired) electrons. The van der Waals surface area contributed by atoms with Crippen LogP contribution in [-0.4, -0.2) is 47.3 Å². The van der Waals surface area contributed by atoms with Crippen molar-refractivity contribution >= 4 is 19.9 Å². The predicted octanol–water partition coefficient (Wildman–Crippen LogP) is -0.704. The molecule has 0 aromatic carbocycles. The lowest BCUT2D eigenvalue weighted by Gasteiger charge is -2.28. The van der Waals surface area contributed by atoms with Gasteiger partial charge in [-0.15, -0.1) is 0 Å². The molecule has 102 valence electrons. The van der Waals surface area contributed by atoms with Crippen molar-refractivity contribution in [2.75, 3.05) is 24.4 Å². The van der Waals surface area contributed by atoms with E-state index >= 15 is 0 Å². The number of hydrogen-bond donors (Lipinski definition) is 2. The Bertz CT molecular complexity index is 438. The van der Waals surface area contributed by atoms with Crippen molar-refractivity contribution in [2.24, 2.45) is 5.92 Å². The third-order valence-corrected chi connectivity index (χ3v) is 6.46. The van der Waals surface area contributed by atoms with Gasteiger partial charge in [-0.1, -0.05) is 0 Å². The first kappa shape index (κ1) is 14.9. The molecule has 0 aromatic heterocycles. The minimum atomic E-state index is -3.75. The number of piperidine rings is 1. The Balaban J connectivity index is 2.57. The first-order chi connectivity index (χ1) is 7.70. The standard InChI is InChI=1S/C9H20N2O4S2/c1-8(9-4-3-5-10-6-9)11-17(14,15)7-16(2,12)13/h8-11H,3-7H2,1-2H3. The monoisotopic (exact) mass is 284 g/mol. The van der Waals surface area contributed by atoms with E-state index in [0.29, 0.717) is 0 Å². The summed E-state index contributed by atoms with van der Waals surface area (Å²) in [7, 11) is -7.28. The summed E-state index contributed by atoms with van der Waals surface area (Å²) in [6.07, 6.45) is 2.89. The van der Waals surface area contributed by atoms with E-state index in [1.165, 1.54) is 0 Å². The molecule has 2 atom stereocenters. The van der Waals surface area contributed by atoms with Crippen molar-refractivity contribution in [3.63, 3.8) is 0 Å². The van der Waals surface area contributed by atoms with E-state index in [2.05, 4.69) is 10.0 Å². The highest BCUT2D eigenvalue weighted by molar-refractivity contribution is 8.06. The molecule has 1 heterocycles. The molecule has 0 saturated carbocycles. The van der Waals surface area contributed by atoms with Gasteiger partial charge in [-0.25, -0.2) is 21.6 Å². The molecule has 1 fully saturated rings. The Hall–Kier alpha value is -0.180. The van der Waals surface area contributed by atoms with E-state index in [1.54, 1.807) is 6.92 Å². The highest BCUT2D eigenvalue weighted by atomic mass is 32.3. The topological polar surface area (TPSA) is 92.3 Å². The number of rotatable bonds is 5. The summed E-state index contributed by atoms with van der Waals surface area (Å²) >= 11 is 0. The van der Waals surface area contributed by atoms with Gasteiger partial charge >= 0.3 is 0 Å². The van der Waals surface area contributed by atoms with Crippen molar-refractivity contribution < 1.29 is 16.8 Å². The molecule has 0 aromatic rings. The van der Waals surface area contributed by atoms with Gasteiger partial charge in [0.15, 0.2) is 14.9 Å². The fourth-order valence-corrected chi connectivity index (χ4v) is 5.29. The number of sulfone groups is 1. The molecule has 8 heteroatoms. The molecule has 2 N–H and O–H groups in total. The molecule has 0 amide bonds. The van der Waals surface area contributed by atoms with Crippen LogP contribution in [0.15, 0.2) is 0 Å². The SMILES string of the molecule is CC(NS(=O)(=O)CS(C)(=O)=O)C1CCCNC1. The third kappa shape index (κ3) is 5.80. The van der Waals surface area contributed by atoms with Gasteiger partial charge in [-0.3, -0.25) is 0 Å². The summed E-state index contributed by atoms with van der Waals surface area (Å²) < 4.78 is 47.6. The molecule has 1 rings (SSSR count). The lowest BCUT2D eigenvalue weighted by Crippen LogP contribution is -2.45. The molecule has 1 aliphatic rings. The highest BCUT2D eigenvalue weighted by Gasteiger charge is 2.26. The summed E-state index contributed by atoms with van der Waals surface area (Å²) in [6.45, 7) is 3.50. The second-order valence-electron chi connectivity index (χ2n) is 4.67. The molecular formula is C9H20N2O4S2. The maximum absolute atomic E-state index is 11.6. The fraction of sp³-hybridized carbons (Fsp3) is 1.00. The van der Waals surface area contributed by atoms with Crippen LogP contribution in [0.2, 0.25) is 0 Å². The lowest BCUT2D eigenvalue weighted by molar-refractivity contribution is 0.320. The summed E-state index contributed by atoms with van der Waals surface area (Å²) in [5, 5.41) is 2.35. The highest BCUT2D eigenvalue weighted by Crippen LogP contribution is 2.15. The molecule has 2 unspecified atom stereocenters. The summed E-state index contributed by atoms with van der Waals surface area (Å²) in [5.74, 6) is 0.220. The quantitative estimate of drug-likeness (QED) is 0.696. The van der Waals surface area contributed by atoms with Gasteiger partial charge in [0.1, 0.15) is 0 Å². The first-order valence-electron chi connectivity index (χ1n) is 5.58. The van der Waals surface area contributed by atoms with Crippen LogP contribution in [0, 0.1) is 5.92 Å². The maximum atomic E-state index is 11.6. The smallest absolute Gasteiger partial charge is 0.226 e. The van der Waals surface area contributed by atoms with Gasteiger partial charge in [0.2, 0.25) is 10.0 Å². The Morgan fingerprint density at radius 2 is 2.00 bits per heavy atom. The van der Waals surface area contributed by atoms with E-state index in [-0.39, 0.29) is 12.0 Å². The zero-order valence-corrected chi connectivity index (χ0v) is 11.8. The molecule has 0 spiro atoms. The van der Waals surface area contributed by atoms with E-state index < -0.39 is 24.9 Å². The third-order valence-electron chi connectivity index (χ3n) is 2.78. The van der Waals surface area contributed by atoms with Crippen molar-refractivity contribution in [1.82, 2.24) is 10.0 Å². The van der Waals surface area contributed by atoms with Gasteiger partial charge in [0.25, 0.3) is 0 Å². The molecule has 1 saturated heterocycles. The van der Waals surface area contributed by atoms with E-state index in [0.717, 1.165) is 32.2 Å². The van der Waals surface area contributed by atoms with Crippen molar-refractivity contribution in [1.29, 1.82) is 0 Å². The van der Waals surface area contributed by atoms with Gasteiger partial charge in [-0.05, 0) is 38.8 Å². The van der Waals surface area contributed by atoms with E-state index in [1.807, 2.05) is 0 Å². The zero-order chi connectivity index (χ0) is 13.1. The van der Waals surface area contributed by atoms with E-state index in [4.69, 9.17) is 0 Å². The second-order valence-corrected chi connectivity index (χ2v) is 8.93. The maximum Gasteiger partial charge on any atom is 0.226 e. The van der Waals surface area contributed by atoms with Crippen LogP contribution in [0.5, 0.6) is 0 Å². The number of hydrogen-bond acceptors (Lipinski definition) is 5. The van der Waals surface area contributed by atoms with Crippen LogP contribution in [-0.2, 0) is 19.9 Å².